The molecule has 0 spiro atoms. The third-order valence-corrected chi connectivity index (χ3v) is 7.52. The van der Waals surface area contributed by atoms with Crippen LogP contribution < -0.4 is 9.64 Å². The van der Waals surface area contributed by atoms with E-state index >= 15 is 0 Å². The van der Waals surface area contributed by atoms with Gasteiger partial charge in [-0.15, -0.1) is 10.2 Å². The van der Waals surface area contributed by atoms with Crippen molar-refractivity contribution in [2.75, 3.05) is 31.1 Å². The number of aryl methyl sites for hydroxylation is 1. The number of carbonyl (C=O) groups is 1. The number of carboxylic acid groups (broad SMARTS) is 1. The minimum absolute atomic E-state index is 0.161. The van der Waals surface area contributed by atoms with Gasteiger partial charge in [0.15, 0.2) is 0 Å². The second kappa shape index (κ2) is 8.43. The first kappa shape index (κ1) is 20.2. The molecule has 8 nitrogen and oxygen atoms in total. The lowest BCUT2D eigenvalue weighted by Crippen LogP contribution is -2.38. The van der Waals surface area contributed by atoms with Crippen molar-refractivity contribution in [2.24, 2.45) is 0 Å². The van der Waals surface area contributed by atoms with Gasteiger partial charge in [0, 0.05) is 39.0 Å². The Morgan fingerprint density at radius 1 is 1.19 bits per heavy atom. The van der Waals surface area contributed by atoms with Gasteiger partial charge in [-0.1, -0.05) is 34.8 Å². The van der Waals surface area contributed by atoms with Crippen molar-refractivity contribution in [3.05, 3.63) is 34.8 Å². The summed E-state index contributed by atoms with van der Waals surface area (Å²) in [5, 5.41) is 20.2. The molecule has 31 heavy (non-hydrogen) atoms. The van der Waals surface area contributed by atoms with Crippen LogP contribution in [0.4, 0.5) is 9.93 Å². The number of anilines is 1. The number of amides is 1. The zero-order valence-corrected chi connectivity index (χ0v) is 18.8. The molecule has 1 amide bonds. The first-order valence-electron chi connectivity index (χ1n) is 10.3. The zero-order valence-electron chi connectivity index (χ0n) is 17.2. The SMILES string of the molecule is Cc1nnc(N2CCC(Oc3nc4ccc(C5=CCN(C(=O)O)CC5)cc4s3)CC2)s1. The van der Waals surface area contributed by atoms with Crippen LogP contribution in [0.2, 0.25) is 0 Å². The first-order valence-corrected chi connectivity index (χ1v) is 12.0. The summed E-state index contributed by atoms with van der Waals surface area (Å²) < 4.78 is 7.31. The van der Waals surface area contributed by atoms with Gasteiger partial charge in [0.25, 0.3) is 5.19 Å². The maximum atomic E-state index is 11.1. The molecule has 0 unspecified atom stereocenters. The number of aromatic nitrogens is 3. The fourth-order valence-corrected chi connectivity index (χ4v) is 5.64. The minimum atomic E-state index is -0.862. The van der Waals surface area contributed by atoms with Gasteiger partial charge in [-0.05, 0) is 36.6 Å². The predicted molar refractivity (Wildman–Crippen MR) is 122 cm³/mol. The van der Waals surface area contributed by atoms with Gasteiger partial charge >= 0.3 is 6.09 Å². The largest absolute Gasteiger partial charge is 0.467 e. The molecule has 0 atom stereocenters. The predicted octanol–water partition coefficient (Wildman–Crippen LogP) is 4.27. The lowest BCUT2D eigenvalue weighted by atomic mass is 9.99. The number of benzene rings is 1. The molecule has 2 aromatic heterocycles. The molecule has 3 aromatic rings. The number of rotatable bonds is 4. The van der Waals surface area contributed by atoms with Crippen LogP contribution in [-0.2, 0) is 0 Å². The number of piperidine rings is 1. The van der Waals surface area contributed by atoms with Gasteiger partial charge in [-0.3, -0.25) is 0 Å². The highest BCUT2D eigenvalue weighted by atomic mass is 32.1. The van der Waals surface area contributed by atoms with E-state index < -0.39 is 6.09 Å². The Kier molecular flexibility index (Phi) is 5.49. The van der Waals surface area contributed by atoms with E-state index in [9.17, 15) is 4.79 Å². The monoisotopic (exact) mass is 457 g/mol. The maximum absolute atomic E-state index is 11.1. The van der Waals surface area contributed by atoms with Crippen molar-refractivity contribution in [3.8, 4) is 5.19 Å². The molecule has 5 rings (SSSR count). The fraction of sp³-hybridized carbons (Fsp3) is 0.429. The van der Waals surface area contributed by atoms with Crippen LogP contribution in [0.1, 0.15) is 29.8 Å². The summed E-state index contributed by atoms with van der Waals surface area (Å²) in [5.74, 6) is 0. The van der Waals surface area contributed by atoms with Crippen molar-refractivity contribution in [1.29, 1.82) is 0 Å². The fourth-order valence-electron chi connectivity index (χ4n) is 3.98. The van der Waals surface area contributed by atoms with Crippen molar-refractivity contribution < 1.29 is 14.6 Å². The molecule has 10 heteroatoms. The smallest absolute Gasteiger partial charge is 0.407 e. The van der Waals surface area contributed by atoms with Gasteiger partial charge in [0.1, 0.15) is 11.1 Å². The number of fused-ring (bicyclic) bond motifs is 1. The second-order valence-electron chi connectivity index (χ2n) is 7.78. The average Bonchev–Trinajstić information content (AvgIpc) is 3.39. The van der Waals surface area contributed by atoms with Crippen LogP contribution in [0.15, 0.2) is 24.3 Å². The van der Waals surface area contributed by atoms with E-state index in [0.29, 0.717) is 18.3 Å². The molecular weight excluding hydrogens is 434 g/mol. The highest BCUT2D eigenvalue weighted by Crippen LogP contribution is 2.33. The zero-order chi connectivity index (χ0) is 21.4. The summed E-state index contributed by atoms with van der Waals surface area (Å²) in [6.45, 7) is 4.78. The van der Waals surface area contributed by atoms with E-state index in [1.165, 1.54) is 10.5 Å². The Morgan fingerprint density at radius 2 is 2.03 bits per heavy atom. The Bertz CT molecular complexity index is 1130. The molecule has 4 heterocycles. The minimum Gasteiger partial charge on any atom is -0.467 e. The van der Waals surface area contributed by atoms with Gasteiger partial charge in [-0.25, -0.2) is 9.78 Å². The third kappa shape index (κ3) is 4.35. The molecule has 0 radical (unpaired) electrons. The summed E-state index contributed by atoms with van der Waals surface area (Å²) in [4.78, 5) is 19.5. The molecular formula is C21H23N5O3S2. The van der Waals surface area contributed by atoms with Crippen molar-refractivity contribution >= 4 is 49.7 Å². The van der Waals surface area contributed by atoms with E-state index in [1.807, 2.05) is 19.1 Å². The van der Waals surface area contributed by atoms with E-state index in [2.05, 4.69) is 32.2 Å². The van der Waals surface area contributed by atoms with Crippen molar-refractivity contribution in [1.82, 2.24) is 20.1 Å². The molecule has 0 bridgehead atoms. The Labute approximate surface area is 187 Å². The molecule has 0 saturated carbocycles. The summed E-state index contributed by atoms with van der Waals surface area (Å²) >= 11 is 3.21. The third-order valence-electron chi connectivity index (χ3n) is 5.71. The van der Waals surface area contributed by atoms with Crippen LogP contribution in [0.3, 0.4) is 0 Å². The van der Waals surface area contributed by atoms with E-state index in [1.54, 1.807) is 22.7 Å². The lowest BCUT2D eigenvalue weighted by Gasteiger charge is -2.30. The van der Waals surface area contributed by atoms with Crippen molar-refractivity contribution in [2.45, 2.75) is 32.3 Å². The van der Waals surface area contributed by atoms with Gasteiger partial charge in [0.2, 0.25) is 5.13 Å². The van der Waals surface area contributed by atoms with E-state index in [4.69, 9.17) is 9.84 Å². The molecule has 0 aliphatic carbocycles. The summed E-state index contributed by atoms with van der Waals surface area (Å²) in [5.41, 5.74) is 3.26. The maximum Gasteiger partial charge on any atom is 0.407 e. The quantitative estimate of drug-likeness (QED) is 0.625. The normalized spacial score (nSPS) is 17.8. The topological polar surface area (TPSA) is 91.7 Å². The number of ether oxygens (including phenoxy) is 1. The lowest BCUT2D eigenvalue weighted by molar-refractivity contribution is 0.150. The number of thiazole rings is 1. The number of hydrogen-bond donors (Lipinski definition) is 1. The molecule has 1 N–H and O–H groups in total. The highest BCUT2D eigenvalue weighted by molar-refractivity contribution is 7.20. The van der Waals surface area contributed by atoms with E-state index in [-0.39, 0.29) is 6.10 Å². The standard InChI is InChI=1S/C21H23N5O3S2/c1-13-23-24-19(30-13)25-10-6-16(7-11-25)29-20-22-17-3-2-15(12-18(17)31-20)14-4-8-26(9-5-14)21(27)28/h2-4,12,16H,5-11H2,1H3,(H,27,28). The second-order valence-corrected chi connectivity index (χ2v) is 9.93. The molecule has 2 aliphatic rings. The van der Waals surface area contributed by atoms with E-state index in [0.717, 1.165) is 58.3 Å². The number of hydrogen-bond acceptors (Lipinski definition) is 8. The van der Waals surface area contributed by atoms with Crippen LogP contribution in [0, 0.1) is 6.92 Å². The summed E-state index contributed by atoms with van der Waals surface area (Å²) in [6, 6.07) is 6.23. The van der Waals surface area contributed by atoms with Crippen LogP contribution in [0.25, 0.3) is 15.8 Å². The Hall–Kier alpha value is -2.72. The van der Waals surface area contributed by atoms with Crippen LogP contribution in [0.5, 0.6) is 5.19 Å². The van der Waals surface area contributed by atoms with Gasteiger partial charge in [0.05, 0.1) is 10.2 Å². The molecule has 1 saturated heterocycles. The first-order chi connectivity index (χ1) is 15.0. The van der Waals surface area contributed by atoms with Crippen LogP contribution >= 0.6 is 22.7 Å². The van der Waals surface area contributed by atoms with Crippen LogP contribution in [-0.4, -0.2) is 63.6 Å². The average molecular weight is 458 g/mol. The van der Waals surface area contributed by atoms with Crippen molar-refractivity contribution in [3.63, 3.8) is 0 Å². The molecule has 1 fully saturated rings. The molecule has 2 aliphatic heterocycles. The van der Waals surface area contributed by atoms with Gasteiger partial charge < -0.3 is 19.6 Å². The Balaban J connectivity index is 1.23. The summed E-state index contributed by atoms with van der Waals surface area (Å²) in [7, 11) is 0. The molecule has 162 valence electrons. The highest BCUT2D eigenvalue weighted by Gasteiger charge is 2.24. The summed E-state index contributed by atoms with van der Waals surface area (Å²) in [6.07, 6.45) is 3.91. The molecule has 1 aromatic carbocycles. The Morgan fingerprint density at radius 3 is 2.71 bits per heavy atom. The number of nitrogens with zero attached hydrogens (tertiary/aromatic N) is 5. The van der Waals surface area contributed by atoms with Gasteiger partial charge in [-0.2, -0.15) is 0 Å².